The van der Waals surface area contributed by atoms with Gasteiger partial charge < -0.3 is 10.7 Å². The number of rotatable bonds is 7. The number of hydrogen-bond donors (Lipinski definition) is 2. The van der Waals surface area contributed by atoms with Gasteiger partial charge in [0.2, 0.25) is 0 Å². The Kier molecular flexibility index (Phi) is 8.31. The van der Waals surface area contributed by atoms with E-state index in [2.05, 4.69) is 12.2 Å². The lowest BCUT2D eigenvalue weighted by molar-refractivity contribution is 0.625. The van der Waals surface area contributed by atoms with Crippen LogP contribution in [0.1, 0.15) is 32.6 Å². The van der Waals surface area contributed by atoms with Gasteiger partial charge in [0.05, 0.1) is 0 Å². The van der Waals surface area contributed by atoms with Crippen molar-refractivity contribution in [1.82, 2.24) is 5.32 Å². The van der Waals surface area contributed by atoms with Crippen molar-refractivity contribution in [2.24, 2.45) is 0 Å². The van der Waals surface area contributed by atoms with Crippen molar-refractivity contribution < 1.29 is 0 Å². The number of nitrogens with one attached hydrogen (secondary N) is 2. The molecule has 0 spiro atoms. The third kappa shape index (κ3) is 7.63. The molecule has 0 aromatic rings. The van der Waals surface area contributed by atoms with Gasteiger partial charge in [0.15, 0.2) is 0 Å². The highest BCUT2D eigenvalue weighted by molar-refractivity contribution is 5.52. The van der Waals surface area contributed by atoms with Gasteiger partial charge >= 0.3 is 0 Å². The zero-order valence-electron chi connectivity index (χ0n) is 6.82. The van der Waals surface area contributed by atoms with Crippen molar-refractivity contribution in [2.75, 3.05) is 13.1 Å². The molecule has 0 atom stereocenters. The van der Waals surface area contributed by atoms with Crippen LogP contribution in [-0.2, 0) is 0 Å². The summed E-state index contributed by atoms with van der Waals surface area (Å²) in [6, 6.07) is 0. The predicted octanol–water partition coefficient (Wildman–Crippen LogP) is 1.81. The van der Waals surface area contributed by atoms with Crippen LogP contribution in [0.4, 0.5) is 0 Å². The summed E-state index contributed by atoms with van der Waals surface area (Å²) in [6.07, 6.45) is 6.02. The monoisotopic (exact) mass is 142 g/mol. The summed E-state index contributed by atoms with van der Waals surface area (Å²) < 4.78 is 0. The molecular weight excluding hydrogens is 124 g/mol. The molecule has 0 aliphatic rings. The molecule has 0 rings (SSSR count). The Labute approximate surface area is 63.5 Å². The summed E-state index contributed by atoms with van der Waals surface area (Å²) in [5, 5.41) is 10.1. The minimum absolute atomic E-state index is 0.916. The van der Waals surface area contributed by atoms with E-state index in [1.807, 2.05) is 0 Å². The average molecular weight is 142 g/mol. The second kappa shape index (κ2) is 8.63. The molecule has 10 heavy (non-hydrogen) atoms. The van der Waals surface area contributed by atoms with Crippen LogP contribution in [0, 0.1) is 5.41 Å². The van der Waals surface area contributed by atoms with Crippen LogP contribution in [0.2, 0.25) is 0 Å². The van der Waals surface area contributed by atoms with Gasteiger partial charge in [0, 0.05) is 0 Å². The molecule has 0 saturated heterocycles. The molecule has 60 valence electrons. The molecule has 0 unspecified atom stereocenters. The smallest absolute Gasteiger partial charge is 0.00454 e. The normalized spacial score (nSPS) is 9.70. The van der Waals surface area contributed by atoms with Gasteiger partial charge in [-0.25, -0.2) is 0 Å². The van der Waals surface area contributed by atoms with Crippen LogP contribution in [0.15, 0.2) is 0 Å². The van der Waals surface area contributed by atoms with E-state index < -0.39 is 0 Å². The van der Waals surface area contributed by atoms with Crippen molar-refractivity contribution in [2.45, 2.75) is 32.6 Å². The molecule has 0 bridgehead atoms. The van der Waals surface area contributed by atoms with Crippen molar-refractivity contribution in [3.63, 3.8) is 0 Å². The Morgan fingerprint density at radius 1 is 1.30 bits per heavy atom. The summed E-state index contributed by atoms with van der Waals surface area (Å²) in [5.41, 5.74) is 0. The fourth-order valence-electron chi connectivity index (χ4n) is 0.756. The first-order valence-corrected chi connectivity index (χ1v) is 4.11. The van der Waals surface area contributed by atoms with E-state index in [1.54, 1.807) is 0 Å². The van der Waals surface area contributed by atoms with Gasteiger partial charge in [-0.2, -0.15) is 0 Å². The third-order valence-corrected chi connectivity index (χ3v) is 1.41. The Morgan fingerprint density at radius 3 is 2.60 bits per heavy atom. The topological polar surface area (TPSA) is 35.9 Å². The van der Waals surface area contributed by atoms with E-state index in [4.69, 9.17) is 5.41 Å². The van der Waals surface area contributed by atoms with Crippen LogP contribution >= 0.6 is 0 Å². The zero-order valence-corrected chi connectivity index (χ0v) is 6.82. The lowest BCUT2D eigenvalue weighted by Gasteiger charge is -2.00. The molecule has 2 heteroatoms. The van der Waals surface area contributed by atoms with Crippen molar-refractivity contribution >= 4 is 6.21 Å². The molecule has 0 aliphatic carbocycles. The molecule has 0 aromatic carbocycles. The highest BCUT2D eigenvalue weighted by atomic mass is 14.8. The van der Waals surface area contributed by atoms with E-state index >= 15 is 0 Å². The van der Waals surface area contributed by atoms with Crippen molar-refractivity contribution in [3.05, 3.63) is 0 Å². The van der Waals surface area contributed by atoms with Gasteiger partial charge in [-0.15, -0.1) is 0 Å². The fraction of sp³-hybridized carbons (Fsp3) is 0.875. The molecule has 0 amide bonds. The molecule has 0 aromatic heterocycles. The summed E-state index contributed by atoms with van der Waals surface area (Å²) in [5.74, 6) is 0. The standard InChI is InChI=1S/C8H18N2/c1-2-3-7-10-8-5-4-6-9/h6,9-10H,2-5,7-8H2,1H3. The molecule has 2 N–H and O–H groups in total. The van der Waals surface area contributed by atoms with E-state index in [1.165, 1.54) is 19.1 Å². The van der Waals surface area contributed by atoms with Crippen LogP contribution in [0.25, 0.3) is 0 Å². The number of hydrogen-bond acceptors (Lipinski definition) is 2. The van der Waals surface area contributed by atoms with E-state index in [0.29, 0.717) is 0 Å². The van der Waals surface area contributed by atoms with Crippen LogP contribution in [0.5, 0.6) is 0 Å². The largest absolute Gasteiger partial charge is 0.317 e. The summed E-state index contributed by atoms with van der Waals surface area (Å²) in [4.78, 5) is 0. The maximum atomic E-state index is 6.77. The van der Waals surface area contributed by atoms with Gasteiger partial charge in [-0.1, -0.05) is 13.3 Å². The first kappa shape index (κ1) is 9.63. The summed E-state index contributed by atoms with van der Waals surface area (Å²) in [6.45, 7) is 4.39. The third-order valence-electron chi connectivity index (χ3n) is 1.41. The highest BCUT2D eigenvalue weighted by Gasteiger charge is 1.84. The molecule has 0 saturated carbocycles. The molecule has 0 radical (unpaired) electrons. The average Bonchev–Trinajstić information content (AvgIpc) is 1.97. The second-order valence-electron chi connectivity index (χ2n) is 2.45. The Morgan fingerprint density at radius 2 is 2.00 bits per heavy atom. The summed E-state index contributed by atoms with van der Waals surface area (Å²) >= 11 is 0. The molecular formula is C8H18N2. The van der Waals surface area contributed by atoms with Crippen LogP contribution in [0.3, 0.4) is 0 Å². The second-order valence-corrected chi connectivity index (χ2v) is 2.45. The highest BCUT2D eigenvalue weighted by Crippen LogP contribution is 1.84. The molecule has 2 nitrogen and oxygen atoms in total. The maximum Gasteiger partial charge on any atom is -0.00454 e. The fourth-order valence-corrected chi connectivity index (χ4v) is 0.756. The zero-order chi connectivity index (χ0) is 7.66. The van der Waals surface area contributed by atoms with E-state index in [9.17, 15) is 0 Å². The first-order chi connectivity index (χ1) is 4.91. The maximum absolute atomic E-state index is 6.77. The Balaban J connectivity index is 2.70. The SMILES string of the molecule is CCCCNCCCC=N. The summed E-state index contributed by atoms with van der Waals surface area (Å²) in [7, 11) is 0. The molecule has 0 aliphatic heterocycles. The van der Waals surface area contributed by atoms with Crippen LogP contribution < -0.4 is 5.32 Å². The van der Waals surface area contributed by atoms with Gasteiger partial charge in [0.25, 0.3) is 0 Å². The van der Waals surface area contributed by atoms with Crippen molar-refractivity contribution in [1.29, 1.82) is 5.41 Å². The molecule has 0 heterocycles. The van der Waals surface area contributed by atoms with E-state index in [0.717, 1.165) is 25.9 Å². The van der Waals surface area contributed by atoms with E-state index in [-0.39, 0.29) is 0 Å². The lowest BCUT2D eigenvalue weighted by Crippen LogP contribution is -2.16. The number of unbranched alkanes of at least 4 members (excludes halogenated alkanes) is 2. The van der Waals surface area contributed by atoms with Gasteiger partial charge in [-0.3, -0.25) is 0 Å². The predicted molar refractivity (Wildman–Crippen MR) is 45.8 cm³/mol. The van der Waals surface area contributed by atoms with Crippen LogP contribution in [-0.4, -0.2) is 19.3 Å². The van der Waals surface area contributed by atoms with Gasteiger partial charge in [0.1, 0.15) is 0 Å². The molecule has 0 fully saturated rings. The van der Waals surface area contributed by atoms with Crippen molar-refractivity contribution in [3.8, 4) is 0 Å². The Bertz CT molecular complexity index is 71.7. The minimum Gasteiger partial charge on any atom is -0.317 e. The first-order valence-electron chi connectivity index (χ1n) is 4.11. The Hall–Kier alpha value is -0.370. The quantitative estimate of drug-likeness (QED) is 0.412. The lowest BCUT2D eigenvalue weighted by atomic mass is 10.3. The van der Waals surface area contributed by atoms with Gasteiger partial charge in [-0.05, 0) is 38.6 Å². The minimum atomic E-state index is 0.916.